The number of hydrogen-bond acceptors (Lipinski definition) is 6. The average molecular weight is 152 g/mol. The lowest BCUT2D eigenvalue weighted by molar-refractivity contribution is -0.328. The van der Waals surface area contributed by atoms with Crippen LogP contribution in [0.3, 0.4) is 0 Å². The van der Waals surface area contributed by atoms with E-state index < -0.39 is 11.6 Å². The number of nitrogens with two attached hydrogens (primary N) is 1. The second kappa shape index (κ2) is 2.79. The molecule has 0 saturated heterocycles. The Balaban J connectivity index is 4.28. The third kappa shape index (κ3) is 1.63. The Morgan fingerprint density at radius 2 is 1.80 bits per heavy atom. The predicted octanol–water partition coefficient (Wildman–Crippen LogP) is -2.34. The summed E-state index contributed by atoms with van der Waals surface area (Å²) in [5, 5.41) is 34.3. The number of rotatable bonds is 3. The molecule has 7 N–H and O–H groups in total. The maximum absolute atomic E-state index is 8.91. The second-order valence-corrected chi connectivity index (χ2v) is 2.06. The van der Waals surface area contributed by atoms with E-state index in [0.29, 0.717) is 0 Å². The summed E-state index contributed by atoms with van der Waals surface area (Å²) in [7, 11) is 0. The Hall–Kier alpha value is -0.240. The summed E-state index contributed by atoms with van der Waals surface area (Å²) in [6.45, 7) is 1.43. The van der Waals surface area contributed by atoms with Crippen LogP contribution in [0.15, 0.2) is 0 Å². The Kier molecular flexibility index (Phi) is 2.72. The molecular formula is C4H12N2O4. The molecule has 0 spiro atoms. The first kappa shape index (κ1) is 9.76. The molecule has 10 heavy (non-hydrogen) atoms. The zero-order valence-corrected chi connectivity index (χ0v) is 5.57. The first-order valence-electron chi connectivity index (χ1n) is 2.74. The largest absolute Gasteiger partial charge is 0.369 e. The van der Waals surface area contributed by atoms with Crippen molar-refractivity contribution < 1.29 is 20.5 Å². The van der Waals surface area contributed by atoms with E-state index in [1.54, 1.807) is 0 Å². The molecule has 0 aliphatic carbocycles. The monoisotopic (exact) mass is 152 g/mol. The lowest BCUT2D eigenvalue weighted by Crippen LogP contribution is -2.67. The number of nitrogens with one attached hydrogen (secondary N) is 1. The van der Waals surface area contributed by atoms with Crippen LogP contribution in [0.1, 0.15) is 13.3 Å². The van der Waals surface area contributed by atoms with Gasteiger partial charge in [-0.25, -0.2) is 0 Å². The van der Waals surface area contributed by atoms with Gasteiger partial charge in [-0.1, -0.05) is 6.92 Å². The zero-order chi connectivity index (χ0) is 8.41. The van der Waals surface area contributed by atoms with Gasteiger partial charge in [-0.05, 0) is 6.42 Å². The van der Waals surface area contributed by atoms with Crippen molar-refractivity contribution in [2.45, 2.75) is 25.0 Å². The highest BCUT2D eigenvalue weighted by Gasteiger charge is 2.43. The van der Waals surface area contributed by atoms with E-state index in [1.165, 1.54) is 6.92 Å². The molecule has 0 bridgehead atoms. The van der Waals surface area contributed by atoms with E-state index in [-0.39, 0.29) is 6.42 Å². The van der Waals surface area contributed by atoms with Crippen molar-refractivity contribution in [1.29, 1.82) is 0 Å². The van der Waals surface area contributed by atoms with E-state index in [9.17, 15) is 0 Å². The summed E-state index contributed by atoms with van der Waals surface area (Å²) >= 11 is 0. The normalized spacial score (nSPS) is 18.6. The standard InChI is InChI=1S/C4H12N2O4/c1-2-3(5,7)4(8,9)6-10/h6-10H,2,5H2,1H3. The highest BCUT2D eigenvalue weighted by molar-refractivity contribution is 4.80. The van der Waals surface area contributed by atoms with Crippen LogP contribution in [0.2, 0.25) is 0 Å². The van der Waals surface area contributed by atoms with Gasteiger partial charge in [-0.3, -0.25) is 5.73 Å². The molecular weight excluding hydrogens is 140 g/mol. The fraction of sp³-hybridized carbons (Fsp3) is 1.00. The molecule has 0 aliphatic rings. The fourth-order valence-corrected chi connectivity index (χ4v) is 0.343. The van der Waals surface area contributed by atoms with Crippen molar-refractivity contribution in [3.8, 4) is 0 Å². The minimum absolute atomic E-state index is 0.117. The summed E-state index contributed by atoms with van der Waals surface area (Å²) in [5.41, 5.74) is 3.74. The number of hydrogen-bond donors (Lipinski definition) is 6. The topological polar surface area (TPSA) is 119 Å². The van der Waals surface area contributed by atoms with Gasteiger partial charge in [0.1, 0.15) is 0 Å². The van der Waals surface area contributed by atoms with Gasteiger partial charge in [0.05, 0.1) is 0 Å². The van der Waals surface area contributed by atoms with E-state index in [1.807, 2.05) is 0 Å². The lowest BCUT2D eigenvalue weighted by Gasteiger charge is -2.33. The molecule has 0 aliphatic heterocycles. The third-order valence-electron chi connectivity index (χ3n) is 1.30. The second-order valence-electron chi connectivity index (χ2n) is 2.06. The van der Waals surface area contributed by atoms with Crippen LogP contribution >= 0.6 is 0 Å². The molecule has 62 valence electrons. The molecule has 0 amide bonds. The first-order chi connectivity index (χ1) is 4.37. The van der Waals surface area contributed by atoms with Gasteiger partial charge >= 0.3 is 0 Å². The average Bonchev–Trinajstić information content (AvgIpc) is 1.88. The van der Waals surface area contributed by atoms with Crippen molar-refractivity contribution in [2.24, 2.45) is 5.73 Å². The predicted molar refractivity (Wildman–Crippen MR) is 31.5 cm³/mol. The van der Waals surface area contributed by atoms with Crippen LogP contribution in [0, 0.1) is 0 Å². The van der Waals surface area contributed by atoms with Crippen molar-refractivity contribution in [2.75, 3.05) is 0 Å². The molecule has 0 fully saturated rings. The van der Waals surface area contributed by atoms with Crippen molar-refractivity contribution in [3.63, 3.8) is 0 Å². The van der Waals surface area contributed by atoms with Crippen LogP contribution in [0.5, 0.6) is 0 Å². The Morgan fingerprint density at radius 3 is 1.90 bits per heavy atom. The molecule has 0 rings (SSSR count). The summed E-state index contributed by atoms with van der Waals surface area (Å²) in [6, 6.07) is 0. The quantitative estimate of drug-likeness (QED) is 0.199. The molecule has 0 heterocycles. The first-order valence-corrected chi connectivity index (χ1v) is 2.74. The van der Waals surface area contributed by atoms with Gasteiger partial charge in [-0.15, -0.1) is 5.48 Å². The maximum Gasteiger partial charge on any atom is 0.288 e. The molecule has 0 aromatic heterocycles. The molecule has 6 heteroatoms. The van der Waals surface area contributed by atoms with E-state index in [2.05, 4.69) is 0 Å². The van der Waals surface area contributed by atoms with Crippen LogP contribution in [-0.4, -0.2) is 32.2 Å². The van der Waals surface area contributed by atoms with Gasteiger partial charge in [0.25, 0.3) is 5.91 Å². The smallest absolute Gasteiger partial charge is 0.288 e. The van der Waals surface area contributed by atoms with Crippen LogP contribution in [0.4, 0.5) is 0 Å². The molecule has 1 unspecified atom stereocenters. The van der Waals surface area contributed by atoms with Gasteiger partial charge < -0.3 is 20.5 Å². The maximum atomic E-state index is 8.91. The molecule has 0 saturated carbocycles. The zero-order valence-electron chi connectivity index (χ0n) is 5.57. The summed E-state index contributed by atoms with van der Waals surface area (Å²) in [6.07, 6.45) is -0.117. The van der Waals surface area contributed by atoms with Crippen LogP contribution in [-0.2, 0) is 0 Å². The van der Waals surface area contributed by atoms with Gasteiger partial charge in [0.2, 0.25) is 0 Å². The summed E-state index contributed by atoms with van der Waals surface area (Å²) in [5.74, 6) is -2.87. The van der Waals surface area contributed by atoms with Crippen LogP contribution in [0.25, 0.3) is 0 Å². The van der Waals surface area contributed by atoms with Crippen LogP contribution < -0.4 is 11.2 Å². The number of aliphatic hydroxyl groups is 3. The molecule has 0 aromatic carbocycles. The SMILES string of the molecule is CCC(N)(O)C(O)(O)NO. The van der Waals surface area contributed by atoms with Gasteiger partial charge in [-0.2, -0.15) is 0 Å². The minimum atomic E-state index is -2.87. The fourth-order valence-electron chi connectivity index (χ4n) is 0.343. The molecule has 0 radical (unpaired) electrons. The van der Waals surface area contributed by atoms with Crippen molar-refractivity contribution in [3.05, 3.63) is 0 Å². The minimum Gasteiger partial charge on any atom is -0.369 e. The Morgan fingerprint density at radius 1 is 1.40 bits per heavy atom. The molecule has 0 aromatic rings. The third-order valence-corrected chi connectivity index (χ3v) is 1.30. The Bertz CT molecular complexity index is 99.8. The lowest BCUT2D eigenvalue weighted by atomic mass is 10.1. The summed E-state index contributed by atoms with van der Waals surface area (Å²) < 4.78 is 0. The van der Waals surface area contributed by atoms with E-state index in [4.69, 9.17) is 26.3 Å². The van der Waals surface area contributed by atoms with E-state index in [0.717, 1.165) is 5.48 Å². The highest BCUT2D eigenvalue weighted by atomic mass is 16.6. The van der Waals surface area contributed by atoms with Gasteiger partial charge in [0.15, 0.2) is 5.72 Å². The highest BCUT2D eigenvalue weighted by Crippen LogP contribution is 2.13. The van der Waals surface area contributed by atoms with Crippen molar-refractivity contribution >= 4 is 0 Å². The summed E-state index contributed by atoms with van der Waals surface area (Å²) in [4.78, 5) is 0. The van der Waals surface area contributed by atoms with Crippen molar-refractivity contribution in [1.82, 2.24) is 5.48 Å². The Labute approximate surface area is 57.9 Å². The van der Waals surface area contributed by atoms with E-state index >= 15 is 0 Å². The molecule has 6 nitrogen and oxygen atoms in total. The van der Waals surface area contributed by atoms with Gasteiger partial charge in [0, 0.05) is 0 Å². The number of hydroxylamine groups is 1. The molecule has 1 atom stereocenters.